The van der Waals surface area contributed by atoms with Gasteiger partial charge in [-0.2, -0.15) is 0 Å². The Kier molecular flexibility index (Phi) is 63.6. The molecule has 0 bridgehead atoms. The van der Waals surface area contributed by atoms with Crippen LogP contribution in [0.3, 0.4) is 0 Å². The van der Waals surface area contributed by atoms with Crippen molar-refractivity contribution < 1.29 is 5.93 Å². The second kappa shape index (κ2) is 28.3. The first-order valence-electron chi connectivity index (χ1n) is 0.493. The van der Waals surface area contributed by atoms with Gasteiger partial charge < -0.3 is 0 Å². The van der Waals surface area contributed by atoms with Crippen LogP contribution < -0.4 is 0 Å². The van der Waals surface area contributed by atoms with Crippen molar-refractivity contribution in [1.29, 1.82) is 0 Å². The average Bonchev–Trinajstić information content (AvgIpc) is 1.50. The van der Waals surface area contributed by atoms with E-state index in [2.05, 4.69) is 0 Å². The molecule has 0 saturated carbocycles. The molecule has 0 aliphatic carbocycles. The maximum absolute atomic E-state index is 8.42. The molecular formula is HInO2Sn. The van der Waals surface area contributed by atoms with E-state index in [1.54, 1.807) is 0 Å². The normalized spacial score (nSPS) is 1.75. The zero-order valence-electron chi connectivity index (χ0n) is 2.02. The first kappa shape index (κ1) is 8.99. The van der Waals surface area contributed by atoms with Crippen LogP contribution in [0.4, 0.5) is 0 Å². The predicted octanol–water partition coefficient (Wildman–Crippen LogP) is -1.27. The van der Waals surface area contributed by atoms with E-state index in [9.17, 15) is 0 Å². The van der Waals surface area contributed by atoms with Gasteiger partial charge in [0, 0.05) is 0 Å². The van der Waals surface area contributed by atoms with Gasteiger partial charge in [-0.25, -0.2) is 0 Å². The molecule has 2 nitrogen and oxygen atoms in total. The molecule has 0 aliphatic heterocycles. The maximum atomic E-state index is 8.42. The Hall–Kier alpha value is 1.27. The third kappa shape index (κ3) is 10.5. The van der Waals surface area contributed by atoms with E-state index in [-0.39, 0.29) is 24.4 Å². The molecule has 0 heterocycles. The zero-order valence-corrected chi connectivity index (χ0v) is 8.91. The molecule has 4 heavy (non-hydrogen) atoms. The van der Waals surface area contributed by atoms with E-state index >= 15 is 0 Å². The van der Waals surface area contributed by atoms with Crippen molar-refractivity contribution >= 4 is 46.9 Å². The van der Waals surface area contributed by atoms with Crippen molar-refractivity contribution in [2.24, 2.45) is 0 Å². The van der Waals surface area contributed by atoms with Crippen LogP contribution in [0.25, 0.3) is 0 Å². The van der Waals surface area contributed by atoms with Crippen LogP contribution in [0.15, 0.2) is 0 Å². The molecule has 0 spiro atoms. The van der Waals surface area contributed by atoms with E-state index in [4.69, 9.17) is 5.93 Å². The van der Waals surface area contributed by atoms with Crippen LogP contribution in [0.5, 0.6) is 0 Å². The molecule has 0 fully saturated rings. The summed E-state index contributed by atoms with van der Waals surface area (Å²) in [7, 11) is 0. The van der Waals surface area contributed by atoms with Crippen molar-refractivity contribution in [1.82, 2.24) is 0 Å². The Balaban J connectivity index is 0. The molecular weight excluding hydrogens is 266 g/mol. The molecule has 0 N–H and O–H groups in total. The Bertz CT molecular complexity index is 8.00. The molecule has 0 unspecified atom stereocenters. The molecule has 0 aliphatic rings. The zero-order chi connectivity index (χ0) is 4.00. The molecule has 4 heteroatoms. The van der Waals surface area contributed by atoms with Crippen molar-refractivity contribution in [2.75, 3.05) is 0 Å². The summed E-state index contributed by atoms with van der Waals surface area (Å²) in [6.45, 7) is 0. The van der Waals surface area contributed by atoms with Crippen LogP contribution in [-0.2, 0) is 5.93 Å². The molecule has 0 amide bonds. The van der Waals surface area contributed by atoms with E-state index in [0.29, 0.717) is 22.5 Å². The van der Waals surface area contributed by atoms with Gasteiger partial charge >= 0.3 is 52.8 Å². The van der Waals surface area contributed by atoms with Gasteiger partial charge in [0.25, 0.3) is 0 Å². The van der Waals surface area contributed by atoms with Crippen molar-refractivity contribution in [3.05, 3.63) is 0 Å². The van der Waals surface area contributed by atoms with E-state index in [1.807, 2.05) is 0 Å². The summed E-state index contributed by atoms with van der Waals surface area (Å²) < 4.78 is 16.8. The molecule has 0 aromatic carbocycles. The second-order valence-electron chi connectivity index (χ2n) is 0. The van der Waals surface area contributed by atoms with Gasteiger partial charge in [-0.05, 0) is 0 Å². The van der Waals surface area contributed by atoms with Crippen LogP contribution >= 0.6 is 0 Å². The van der Waals surface area contributed by atoms with Crippen LogP contribution in [0, 0.1) is 0 Å². The number of rotatable bonds is 0. The Morgan fingerprint density at radius 3 is 1.25 bits per heavy atom. The monoisotopic (exact) mass is 268 g/mol. The minimum atomic E-state index is -0.1000. The van der Waals surface area contributed by atoms with Gasteiger partial charge in [-0.3, -0.25) is 0 Å². The van der Waals surface area contributed by atoms with E-state index in [1.165, 1.54) is 0 Å². The molecule has 2 radical (unpaired) electrons. The molecule has 0 saturated heterocycles. The topological polar surface area (TPSA) is 34.1 Å². The van der Waals surface area contributed by atoms with Crippen molar-refractivity contribution in [3.63, 3.8) is 0 Å². The molecule has 0 aromatic rings. The standard InChI is InChI=1S/In.2O.Sn.H. The van der Waals surface area contributed by atoms with Gasteiger partial charge in [-0.1, -0.05) is 0 Å². The fourth-order valence-corrected chi connectivity index (χ4v) is 0. The number of hydrogen-bond donors (Lipinski definition) is 0. The van der Waals surface area contributed by atoms with Crippen LogP contribution in [0.1, 0.15) is 0 Å². The van der Waals surface area contributed by atoms with E-state index < -0.39 is 0 Å². The van der Waals surface area contributed by atoms with Gasteiger partial charge in [0.05, 0.1) is 0 Å². The fraction of sp³-hybridized carbons (Fsp3) is 0. The summed E-state index contributed by atoms with van der Waals surface area (Å²) in [4.78, 5) is 0. The van der Waals surface area contributed by atoms with Crippen LogP contribution in [0.2, 0.25) is 0 Å². The van der Waals surface area contributed by atoms with Gasteiger partial charge in [0.2, 0.25) is 0 Å². The van der Waals surface area contributed by atoms with Gasteiger partial charge in [-0.15, -0.1) is 0 Å². The SMILES string of the molecule is [O]=[InH].[O]=[Sn]. The quantitative estimate of drug-likeness (QED) is 0.513. The van der Waals surface area contributed by atoms with Crippen LogP contribution in [-0.4, -0.2) is 46.9 Å². The average molecular weight is 267 g/mol. The second-order valence-corrected chi connectivity index (χ2v) is 0. The summed E-state index contributed by atoms with van der Waals surface area (Å²) in [5, 5.41) is 0. The summed E-state index contributed by atoms with van der Waals surface area (Å²) in [6, 6.07) is 0. The Morgan fingerprint density at radius 2 is 1.25 bits per heavy atom. The first-order chi connectivity index (χ1) is 2.00. The fourth-order valence-electron chi connectivity index (χ4n) is 0. The minimum absolute atomic E-state index is 0.1000. The summed E-state index contributed by atoms with van der Waals surface area (Å²) in [5.41, 5.74) is 0. The van der Waals surface area contributed by atoms with Gasteiger partial charge in [0.1, 0.15) is 0 Å². The summed E-state index contributed by atoms with van der Waals surface area (Å²) in [6.07, 6.45) is 0. The molecule has 0 aromatic heterocycles. The van der Waals surface area contributed by atoms with Crippen molar-refractivity contribution in [3.8, 4) is 0 Å². The Morgan fingerprint density at radius 1 is 1.25 bits per heavy atom. The molecule has 0 rings (SSSR count). The molecule has 0 atom stereocenters. The predicted molar refractivity (Wildman–Crippen MR) is 14.3 cm³/mol. The van der Waals surface area contributed by atoms with E-state index in [0.717, 1.165) is 0 Å². The van der Waals surface area contributed by atoms with Crippen molar-refractivity contribution in [2.45, 2.75) is 0 Å². The molecule has 20 valence electrons. The number of hydrogen-bond acceptors (Lipinski definition) is 2. The summed E-state index contributed by atoms with van der Waals surface area (Å²) in [5.74, 6) is 0. The Labute approximate surface area is 52.4 Å². The third-order valence-electron chi connectivity index (χ3n) is 0. The van der Waals surface area contributed by atoms with Gasteiger partial charge in [0.15, 0.2) is 0 Å². The summed E-state index contributed by atoms with van der Waals surface area (Å²) >= 11 is 0.200. The third-order valence-corrected chi connectivity index (χ3v) is 0. The first-order valence-corrected chi connectivity index (χ1v) is 3.31.